The van der Waals surface area contributed by atoms with Gasteiger partial charge in [-0.3, -0.25) is 10.3 Å². The SMILES string of the molecule is CC1=CC=NC2NCCOC12. The number of rotatable bonds is 0. The maximum absolute atomic E-state index is 5.55. The van der Waals surface area contributed by atoms with Crippen LogP contribution in [-0.2, 0) is 4.74 Å². The molecule has 0 amide bonds. The van der Waals surface area contributed by atoms with Crippen LogP contribution in [-0.4, -0.2) is 31.6 Å². The van der Waals surface area contributed by atoms with Crippen molar-refractivity contribution >= 4 is 6.21 Å². The van der Waals surface area contributed by atoms with Gasteiger partial charge in [-0.25, -0.2) is 0 Å². The van der Waals surface area contributed by atoms with E-state index in [1.165, 1.54) is 5.57 Å². The van der Waals surface area contributed by atoms with Crippen LogP contribution in [0.5, 0.6) is 0 Å². The van der Waals surface area contributed by atoms with Crippen LogP contribution in [0, 0.1) is 0 Å². The molecule has 1 saturated heterocycles. The zero-order valence-electron chi connectivity index (χ0n) is 6.58. The Labute approximate surface area is 66.2 Å². The largest absolute Gasteiger partial charge is 0.369 e. The summed E-state index contributed by atoms with van der Waals surface area (Å²) in [4.78, 5) is 4.26. The van der Waals surface area contributed by atoms with Gasteiger partial charge in [0.05, 0.1) is 6.61 Å². The van der Waals surface area contributed by atoms with Gasteiger partial charge in [0.25, 0.3) is 0 Å². The van der Waals surface area contributed by atoms with Crippen LogP contribution in [0.3, 0.4) is 0 Å². The van der Waals surface area contributed by atoms with E-state index in [9.17, 15) is 0 Å². The van der Waals surface area contributed by atoms with Crippen molar-refractivity contribution in [3.05, 3.63) is 11.6 Å². The summed E-state index contributed by atoms with van der Waals surface area (Å²) in [5.41, 5.74) is 1.26. The van der Waals surface area contributed by atoms with Gasteiger partial charge in [-0.1, -0.05) is 0 Å². The minimum absolute atomic E-state index is 0.161. The molecular weight excluding hydrogens is 140 g/mol. The lowest BCUT2D eigenvalue weighted by Crippen LogP contribution is -2.48. The number of aliphatic imine (C=N–C) groups is 1. The molecule has 2 heterocycles. The Hall–Kier alpha value is -0.670. The average molecular weight is 152 g/mol. The number of nitrogens with one attached hydrogen (secondary N) is 1. The van der Waals surface area contributed by atoms with Crippen LogP contribution in [0.1, 0.15) is 6.92 Å². The van der Waals surface area contributed by atoms with Crippen LogP contribution >= 0.6 is 0 Å². The highest BCUT2D eigenvalue weighted by Gasteiger charge is 2.27. The number of morpholine rings is 1. The molecular formula is C8H12N2O. The van der Waals surface area contributed by atoms with E-state index in [4.69, 9.17) is 4.74 Å². The minimum atomic E-state index is 0.161. The quantitative estimate of drug-likeness (QED) is 0.542. The van der Waals surface area contributed by atoms with Gasteiger partial charge in [-0.15, -0.1) is 0 Å². The fourth-order valence-electron chi connectivity index (χ4n) is 1.45. The van der Waals surface area contributed by atoms with Crippen molar-refractivity contribution in [1.82, 2.24) is 5.32 Å². The molecule has 3 heteroatoms. The van der Waals surface area contributed by atoms with E-state index in [1.807, 2.05) is 12.3 Å². The van der Waals surface area contributed by atoms with Crippen molar-refractivity contribution < 1.29 is 4.74 Å². The first-order valence-corrected chi connectivity index (χ1v) is 3.93. The predicted octanol–water partition coefficient (Wildman–Crippen LogP) is 0.332. The Morgan fingerprint density at radius 1 is 1.73 bits per heavy atom. The van der Waals surface area contributed by atoms with Crippen molar-refractivity contribution in [2.45, 2.75) is 19.2 Å². The summed E-state index contributed by atoms with van der Waals surface area (Å²) < 4.78 is 5.55. The number of fused-ring (bicyclic) bond motifs is 1. The zero-order chi connectivity index (χ0) is 7.68. The van der Waals surface area contributed by atoms with Crippen molar-refractivity contribution in [1.29, 1.82) is 0 Å². The molecule has 1 N–H and O–H groups in total. The van der Waals surface area contributed by atoms with Gasteiger partial charge in [-0.05, 0) is 18.6 Å². The molecule has 2 rings (SSSR count). The predicted molar refractivity (Wildman–Crippen MR) is 43.8 cm³/mol. The number of ether oxygens (including phenoxy) is 1. The molecule has 0 aromatic carbocycles. The molecule has 60 valence electrons. The fourth-order valence-corrected chi connectivity index (χ4v) is 1.45. The second kappa shape index (κ2) is 2.75. The molecule has 2 atom stereocenters. The lowest BCUT2D eigenvalue weighted by Gasteiger charge is -2.32. The topological polar surface area (TPSA) is 33.6 Å². The third kappa shape index (κ3) is 1.21. The van der Waals surface area contributed by atoms with Crippen molar-refractivity contribution in [3.63, 3.8) is 0 Å². The summed E-state index contributed by atoms with van der Waals surface area (Å²) in [6.07, 6.45) is 4.19. The standard InChI is InChI=1S/C8H12N2O/c1-6-2-3-9-8-7(6)11-5-4-10-8/h2-3,7-8,10H,4-5H2,1H3. The Bertz CT molecular complexity index is 210. The van der Waals surface area contributed by atoms with Gasteiger partial charge in [0.1, 0.15) is 12.3 Å². The van der Waals surface area contributed by atoms with Gasteiger partial charge in [0, 0.05) is 12.8 Å². The van der Waals surface area contributed by atoms with E-state index in [1.54, 1.807) is 0 Å². The highest BCUT2D eigenvalue weighted by molar-refractivity contribution is 5.74. The molecule has 0 aromatic heterocycles. The zero-order valence-corrected chi connectivity index (χ0v) is 6.58. The van der Waals surface area contributed by atoms with Gasteiger partial charge < -0.3 is 4.74 Å². The molecule has 11 heavy (non-hydrogen) atoms. The number of dihydropyridines is 1. The molecule has 0 saturated carbocycles. The number of hydrogen-bond donors (Lipinski definition) is 1. The van der Waals surface area contributed by atoms with Crippen molar-refractivity contribution in [2.24, 2.45) is 4.99 Å². The second-order valence-corrected chi connectivity index (χ2v) is 2.90. The van der Waals surface area contributed by atoms with E-state index >= 15 is 0 Å². The van der Waals surface area contributed by atoms with Gasteiger partial charge in [0.15, 0.2) is 0 Å². The Kier molecular flexibility index (Phi) is 1.75. The number of allylic oxidation sites excluding steroid dienone is 1. The van der Waals surface area contributed by atoms with Gasteiger partial charge in [0.2, 0.25) is 0 Å². The Balaban J connectivity index is 2.16. The number of hydrogen-bond acceptors (Lipinski definition) is 3. The molecule has 2 aliphatic rings. The molecule has 1 fully saturated rings. The van der Waals surface area contributed by atoms with Crippen molar-refractivity contribution in [2.75, 3.05) is 13.2 Å². The molecule has 0 radical (unpaired) electrons. The second-order valence-electron chi connectivity index (χ2n) is 2.90. The highest BCUT2D eigenvalue weighted by Crippen LogP contribution is 2.17. The van der Waals surface area contributed by atoms with E-state index in [0.29, 0.717) is 0 Å². The molecule has 2 aliphatic heterocycles. The normalized spacial score (nSPS) is 36.3. The van der Waals surface area contributed by atoms with E-state index in [2.05, 4.69) is 17.2 Å². The molecule has 0 aliphatic carbocycles. The molecule has 0 aromatic rings. The Morgan fingerprint density at radius 3 is 3.45 bits per heavy atom. The van der Waals surface area contributed by atoms with E-state index < -0.39 is 0 Å². The summed E-state index contributed by atoms with van der Waals surface area (Å²) in [5.74, 6) is 0. The van der Waals surface area contributed by atoms with Crippen LogP contribution in [0.4, 0.5) is 0 Å². The summed E-state index contributed by atoms with van der Waals surface area (Å²) in [6.45, 7) is 3.78. The van der Waals surface area contributed by atoms with Crippen LogP contribution in [0.15, 0.2) is 16.6 Å². The maximum Gasteiger partial charge on any atom is 0.130 e. The monoisotopic (exact) mass is 152 g/mol. The van der Waals surface area contributed by atoms with Crippen LogP contribution < -0.4 is 5.32 Å². The van der Waals surface area contributed by atoms with E-state index in [-0.39, 0.29) is 12.3 Å². The first kappa shape index (κ1) is 7.00. The average Bonchev–Trinajstić information content (AvgIpc) is 2.06. The first-order chi connectivity index (χ1) is 5.38. The maximum atomic E-state index is 5.55. The third-order valence-electron chi connectivity index (χ3n) is 2.07. The number of nitrogens with zero attached hydrogens (tertiary/aromatic N) is 1. The summed E-state index contributed by atoms with van der Waals surface area (Å²) in [6, 6.07) is 0. The van der Waals surface area contributed by atoms with E-state index in [0.717, 1.165) is 13.2 Å². The first-order valence-electron chi connectivity index (χ1n) is 3.93. The van der Waals surface area contributed by atoms with Gasteiger partial charge in [-0.2, -0.15) is 0 Å². The van der Waals surface area contributed by atoms with Crippen molar-refractivity contribution in [3.8, 4) is 0 Å². The van der Waals surface area contributed by atoms with Gasteiger partial charge >= 0.3 is 0 Å². The molecule has 3 nitrogen and oxygen atoms in total. The smallest absolute Gasteiger partial charge is 0.130 e. The van der Waals surface area contributed by atoms with Crippen LogP contribution in [0.2, 0.25) is 0 Å². The molecule has 0 spiro atoms. The third-order valence-corrected chi connectivity index (χ3v) is 2.07. The summed E-state index contributed by atoms with van der Waals surface area (Å²) in [7, 11) is 0. The molecule has 2 unspecified atom stereocenters. The fraction of sp³-hybridized carbons (Fsp3) is 0.625. The van der Waals surface area contributed by atoms with Crippen LogP contribution in [0.25, 0.3) is 0 Å². The molecule has 0 bridgehead atoms. The minimum Gasteiger partial charge on any atom is -0.369 e. The lowest BCUT2D eigenvalue weighted by atomic mass is 10.1. The Morgan fingerprint density at radius 2 is 2.64 bits per heavy atom. The highest BCUT2D eigenvalue weighted by atomic mass is 16.5. The lowest BCUT2D eigenvalue weighted by molar-refractivity contribution is 0.0210. The summed E-state index contributed by atoms with van der Waals surface area (Å²) >= 11 is 0. The summed E-state index contributed by atoms with van der Waals surface area (Å²) in [5, 5.41) is 3.29.